The van der Waals surface area contributed by atoms with Crippen LogP contribution in [0.4, 0.5) is 0 Å². The minimum atomic E-state index is 0.0214. The molecule has 0 aromatic carbocycles. The SMILES string of the molecule is CC(C)(CCO)CN=C(N)NC1CCCCC1. The number of nitrogens with two attached hydrogens (primary N) is 1. The van der Waals surface area contributed by atoms with Gasteiger partial charge in [0.05, 0.1) is 0 Å². The Morgan fingerprint density at radius 3 is 2.59 bits per heavy atom. The second-order valence-corrected chi connectivity index (χ2v) is 5.82. The van der Waals surface area contributed by atoms with Crippen LogP contribution in [0, 0.1) is 5.41 Å². The van der Waals surface area contributed by atoms with Crippen LogP contribution in [-0.2, 0) is 0 Å². The minimum absolute atomic E-state index is 0.0214. The molecule has 0 aromatic heterocycles. The van der Waals surface area contributed by atoms with Gasteiger partial charge in [0.2, 0.25) is 0 Å². The first-order valence-corrected chi connectivity index (χ1v) is 6.71. The van der Waals surface area contributed by atoms with Gasteiger partial charge in [-0.2, -0.15) is 0 Å². The number of nitrogens with one attached hydrogen (secondary N) is 1. The molecule has 1 rings (SSSR count). The van der Waals surface area contributed by atoms with E-state index in [1.165, 1.54) is 32.1 Å². The van der Waals surface area contributed by atoms with Crippen molar-refractivity contribution in [1.29, 1.82) is 0 Å². The van der Waals surface area contributed by atoms with Crippen molar-refractivity contribution < 1.29 is 5.11 Å². The molecule has 0 unspecified atom stereocenters. The van der Waals surface area contributed by atoms with E-state index in [9.17, 15) is 0 Å². The fourth-order valence-electron chi connectivity index (χ4n) is 2.18. The van der Waals surface area contributed by atoms with E-state index < -0.39 is 0 Å². The van der Waals surface area contributed by atoms with E-state index >= 15 is 0 Å². The van der Waals surface area contributed by atoms with Gasteiger partial charge in [0, 0.05) is 19.2 Å². The van der Waals surface area contributed by atoms with Gasteiger partial charge in [0.1, 0.15) is 0 Å². The molecule has 0 heterocycles. The molecule has 1 fully saturated rings. The number of hydrogen-bond donors (Lipinski definition) is 3. The Hall–Kier alpha value is -0.770. The molecule has 0 bridgehead atoms. The third-order valence-corrected chi connectivity index (χ3v) is 3.42. The number of aliphatic hydroxyl groups is 1. The summed E-state index contributed by atoms with van der Waals surface area (Å²) < 4.78 is 0. The quantitative estimate of drug-likeness (QED) is 0.506. The highest BCUT2D eigenvalue weighted by Crippen LogP contribution is 2.20. The van der Waals surface area contributed by atoms with Crippen molar-refractivity contribution in [3.05, 3.63) is 0 Å². The van der Waals surface area contributed by atoms with Gasteiger partial charge in [-0.1, -0.05) is 33.1 Å². The molecule has 0 amide bonds. The van der Waals surface area contributed by atoms with Crippen LogP contribution >= 0.6 is 0 Å². The number of rotatable bonds is 5. The lowest BCUT2D eigenvalue weighted by Gasteiger charge is -2.24. The smallest absolute Gasteiger partial charge is 0.188 e. The van der Waals surface area contributed by atoms with Gasteiger partial charge >= 0.3 is 0 Å². The maximum atomic E-state index is 8.93. The van der Waals surface area contributed by atoms with E-state index in [-0.39, 0.29) is 12.0 Å². The third kappa shape index (κ3) is 5.91. The van der Waals surface area contributed by atoms with Crippen LogP contribution in [0.25, 0.3) is 0 Å². The standard InChI is InChI=1S/C13H27N3O/c1-13(2,8-9-17)10-15-12(14)16-11-6-4-3-5-7-11/h11,17H,3-10H2,1-2H3,(H3,14,15,16). The molecule has 0 aliphatic heterocycles. The molecular formula is C13H27N3O. The summed E-state index contributed by atoms with van der Waals surface area (Å²) in [5, 5.41) is 12.2. The highest BCUT2D eigenvalue weighted by atomic mass is 16.3. The van der Waals surface area contributed by atoms with E-state index in [1.54, 1.807) is 0 Å². The summed E-state index contributed by atoms with van der Waals surface area (Å²) in [6.45, 7) is 5.07. The van der Waals surface area contributed by atoms with Crippen molar-refractivity contribution >= 4 is 5.96 Å². The molecule has 0 radical (unpaired) electrons. The molecule has 100 valence electrons. The van der Waals surface area contributed by atoms with Gasteiger partial charge in [-0.25, -0.2) is 0 Å². The van der Waals surface area contributed by atoms with Gasteiger partial charge in [-0.15, -0.1) is 0 Å². The van der Waals surface area contributed by atoms with Gasteiger partial charge in [0.15, 0.2) is 5.96 Å². The Morgan fingerprint density at radius 1 is 1.35 bits per heavy atom. The van der Waals surface area contributed by atoms with Gasteiger partial charge in [-0.05, 0) is 24.7 Å². The molecule has 4 heteroatoms. The van der Waals surface area contributed by atoms with Crippen molar-refractivity contribution in [2.45, 2.75) is 58.4 Å². The van der Waals surface area contributed by atoms with Crippen LogP contribution in [-0.4, -0.2) is 30.3 Å². The Balaban J connectivity index is 2.32. The Morgan fingerprint density at radius 2 is 2.00 bits per heavy atom. The van der Waals surface area contributed by atoms with Crippen LogP contribution in [0.5, 0.6) is 0 Å². The highest BCUT2D eigenvalue weighted by Gasteiger charge is 2.17. The topological polar surface area (TPSA) is 70.6 Å². The third-order valence-electron chi connectivity index (χ3n) is 3.42. The number of aliphatic hydroxyl groups excluding tert-OH is 1. The van der Waals surface area contributed by atoms with E-state index in [4.69, 9.17) is 10.8 Å². The molecule has 4 N–H and O–H groups in total. The Labute approximate surface area is 105 Å². The first kappa shape index (κ1) is 14.3. The lowest BCUT2D eigenvalue weighted by molar-refractivity contribution is 0.217. The zero-order valence-electron chi connectivity index (χ0n) is 11.2. The molecule has 0 saturated heterocycles. The van der Waals surface area contributed by atoms with Crippen LogP contribution in [0.1, 0.15) is 52.4 Å². The summed E-state index contributed by atoms with van der Waals surface area (Å²) in [4.78, 5) is 4.38. The summed E-state index contributed by atoms with van der Waals surface area (Å²) in [5.74, 6) is 0.558. The summed E-state index contributed by atoms with van der Waals surface area (Å²) in [6.07, 6.45) is 7.10. The predicted octanol–water partition coefficient (Wildman–Crippen LogP) is 1.63. The Kier molecular flexibility index (Phi) is 5.75. The van der Waals surface area contributed by atoms with Gasteiger partial charge in [0.25, 0.3) is 0 Å². The highest BCUT2D eigenvalue weighted by molar-refractivity contribution is 5.78. The second-order valence-electron chi connectivity index (χ2n) is 5.82. The molecule has 17 heavy (non-hydrogen) atoms. The zero-order chi connectivity index (χ0) is 12.7. The van der Waals surface area contributed by atoms with Gasteiger partial charge < -0.3 is 16.2 Å². The van der Waals surface area contributed by atoms with Gasteiger partial charge in [-0.3, -0.25) is 4.99 Å². The van der Waals surface area contributed by atoms with Crippen molar-refractivity contribution in [1.82, 2.24) is 5.32 Å². The molecule has 1 saturated carbocycles. The Bertz CT molecular complexity index is 245. The van der Waals surface area contributed by atoms with Crippen LogP contribution in [0.3, 0.4) is 0 Å². The number of guanidine groups is 1. The molecule has 0 atom stereocenters. The molecule has 0 spiro atoms. The normalized spacial score (nSPS) is 19.4. The lowest BCUT2D eigenvalue weighted by atomic mass is 9.90. The second kappa shape index (κ2) is 6.84. The number of aliphatic imine (C=N–C) groups is 1. The lowest BCUT2D eigenvalue weighted by Crippen LogP contribution is -2.41. The van der Waals surface area contributed by atoms with Crippen molar-refractivity contribution in [3.8, 4) is 0 Å². The molecule has 1 aliphatic rings. The van der Waals surface area contributed by atoms with E-state index in [1.807, 2.05) is 0 Å². The fraction of sp³-hybridized carbons (Fsp3) is 0.923. The summed E-state index contributed by atoms with van der Waals surface area (Å²) in [5.41, 5.74) is 5.91. The fourth-order valence-corrected chi connectivity index (χ4v) is 2.18. The van der Waals surface area contributed by atoms with Crippen LogP contribution in [0.15, 0.2) is 4.99 Å². The molecular weight excluding hydrogens is 214 g/mol. The minimum Gasteiger partial charge on any atom is -0.396 e. The monoisotopic (exact) mass is 241 g/mol. The maximum Gasteiger partial charge on any atom is 0.188 e. The number of hydrogen-bond acceptors (Lipinski definition) is 2. The van der Waals surface area contributed by atoms with Crippen molar-refractivity contribution in [2.24, 2.45) is 16.1 Å². The average molecular weight is 241 g/mol. The predicted molar refractivity (Wildman–Crippen MR) is 72.0 cm³/mol. The average Bonchev–Trinajstić information content (AvgIpc) is 2.28. The number of nitrogens with zero attached hydrogens (tertiary/aromatic N) is 1. The van der Waals surface area contributed by atoms with Crippen molar-refractivity contribution in [2.75, 3.05) is 13.2 Å². The zero-order valence-corrected chi connectivity index (χ0v) is 11.2. The first-order chi connectivity index (χ1) is 8.03. The summed E-state index contributed by atoms with van der Waals surface area (Å²) >= 11 is 0. The summed E-state index contributed by atoms with van der Waals surface area (Å²) in [6, 6.07) is 0.508. The van der Waals surface area contributed by atoms with Crippen LogP contribution < -0.4 is 11.1 Å². The van der Waals surface area contributed by atoms with Crippen LogP contribution in [0.2, 0.25) is 0 Å². The van der Waals surface area contributed by atoms with Crippen molar-refractivity contribution in [3.63, 3.8) is 0 Å². The summed E-state index contributed by atoms with van der Waals surface area (Å²) in [7, 11) is 0. The molecule has 4 nitrogen and oxygen atoms in total. The first-order valence-electron chi connectivity index (χ1n) is 6.71. The molecule has 1 aliphatic carbocycles. The van der Waals surface area contributed by atoms with E-state index in [2.05, 4.69) is 24.2 Å². The largest absolute Gasteiger partial charge is 0.396 e. The molecule has 0 aromatic rings. The van der Waals surface area contributed by atoms with E-state index in [0.717, 1.165) is 6.42 Å². The maximum absolute atomic E-state index is 8.93. The van der Waals surface area contributed by atoms with E-state index in [0.29, 0.717) is 18.5 Å².